The molecule has 0 N–H and O–H groups in total. The van der Waals surface area contributed by atoms with Crippen LogP contribution in [-0.2, 0) is 14.1 Å². The highest BCUT2D eigenvalue weighted by Crippen LogP contribution is 2.28. The van der Waals surface area contributed by atoms with Crippen LogP contribution in [0.3, 0.4) is 0 Å². The predicted octanol–water partition coefficient (Wildman–Crippen LogP) is 3.35. The average Bonchev–Trinajstić information content (AvgIpc) is 2.61. The van der Waals surface area contributed by atoms with E-state index in [1.54, 1.807) is 23.2 Å². The summed E-state index contributed by atoms with van der Waals surface area (Å²) in [5.74, 6) is 0. The van der Waals surface area contributed by atoms with E-state index in [-0.39, 0.29) is 11.1 Å². The number of hydrogen-bond donors (Lipinski definition) is 0. The average molecular weight is 267 g/mol. The fraction of sp³-hybridized carbons (Fsp3) is 0.500. The molecule has 0 aliphatic rings. The Morgan fingerprint density at radius 2 is 1.89 bits per heavy atom. The number of unbranched alkanes of at least 4 members (excludes halogenated alkanes) is 1. The van der Waals surface area contributed by atoms with Crippen molar-refractivity contribution in [2.45, 2.75) is 31.6 Å². The quantitative estimate of drug-likeness (QED) is 0.780. The lowest BCUT2D eigenvalue weighted by Crippen LogP contribution is -2.19. The number of imidazole rings is 1. The topological polar surface area (TPSA) is 26.9 Å². The van der Waals surface area contributed by atoms with Gasteiger partial charge in [-0.1, -0.05) is 25.8 Å². The molecule has 2 rings (SSSR count). The van der Waals surface area contributed by atoms with Gasteiger partial charge in [-0.15, -0.1) is 11.6 Å². The van der Waals surface area contributed by atoms with E-state index in [0.717, 1.165) is 35.9 Å². The largest absolute Gasteiger partial charge is 0.328 e. The lowest BCUT2D eigenvalue weighted by atomic mass is 10.1. The lowest BCUT2D eigenvalue weighted by molar-refractivity contribution is 0.701. The highest BCUT2D eigenvalue weighted by Gasteiger charge is 2.12. The molecule has 0 saturated heterocycles. The summed E-state index contributed by atoms with van der Waals surface area (Å²) >= 11 is 6.39. The van der Waals surface area contributed by atoms with Crippen molar-refractivity contribution in [1.29, 1.82) is 0 Å². The number of hydrogen-bond acceptors (Lipinski definition) is 1. The van der Waals surface area contributed by atoms with E-state index in [9.17, 15) is 4.79 Å². The van der Waals surface area contributed by atoms with Gasteiger partial charge in [0.15, 0.2) is 0 Å². The Hall–Kier alpha value is -1.22. The van der Waals surface area contributed by atoms with Gasteiger partial charge in [-0.25, -0.2) is 4.79 Å². The molecule has 3 nitrogen and oxygen atoms in total. The highest BCUT2D eigenvalue weighted by molar-refractivity contribution is 6.20. The van der Waals surface area contributed by atoms with Gasteiger partial charge < -0.3 is 0 Å². The summed E-state index contributed by atoms with van der Waals surface area (Å²) in [6.07, 6.45) is 3.25. The molecule has 0 fully saturated rings. The maximum absolute atomic E-state index is 11.8. The number of benzene rings is 1. The van der Waals surface area contributed by atoms with Crippen molar-refractivity contribution in [2.24, 2.45) is 14.1 Å². The molecule has 0 aliphatic carbocycles. The molecule has 2 aromatic rings. The Balaban J connectivity index is 2.44. The second kappa shape index (κ2) is 5.19. The molecule has 1 aromatic carbocycles. The molecule has 0 bridgehead atoms. The Labute approximate surface area is 112 Å². The zero-order chi connectivity index (χ0) is 13.3. The number of nitrogens with zero attached hydrogens (tertiary/aromatic N) is 2. The molecule has 0 spiro atoms. The van der Waals surface area contributed by atoms with E-state index in [1.165, 1.54) is 0 Å². The van der Waals surface area contributed by atoms with E-state index >= 15 is 0 Å². The number of halogens is 1. The Bertz CT molecular complexity index is 612. The number of alkyl halides is 1. The molecule has 18 heavy (non-hydrogen) atoms. The van der Waals surface area contributed by atoms with Crippen LogP contribution in [0.2, 0.25) is 0 Å². The van der Waals surface area contributed by atoms with Gasteiger partial charge in [0.1, 0.15) is 0 Å². The third-order valence-electron chi connectivity index (χ3n) is 3.47. The molecular formula is C14H19ClN2O. The molecule has 1 heterocycles. The minimum atomic E-state index is 0.00170. The number of aryl methyl sites for hydroxylation is 2. The van der Waals surface area contributed by atoms with Gasteiger partial charge in [-0.2, -0.15) is 0 Å². The first-order valence-electron chi connectivity index (χ1n) is 6.35. The van der Waals surface area contributed by atoms with Crippen LogP contribution in [-0.4, -0.2) is 9.13 Å². The van der Waals surface area contributed by atoms with Crippen molar-refractivity contribution in [3.05, 3.63) is 34.2 Å². The fourth-order valence-electron chi connectivity index (χ4n) is 2.27. The second-order valence-electron chi connectivity index (χ2n) is 4.76. The van der Waals surface area contributed by atoms with Crippen molar-refractivity contribution >= 4 is 22.6 Å². The van der Waals surface area contributed by atoms with Crippen molar-refractivity contribution in [2.75, 3.05) is 0 Å². The summed E-state index contributed by atoms with van der Waals surface area (Å²) in [7, 11) is 3.59. The lowest BCUT2D eigenvalue weighted by Gasteiger charge is -2.09. The molecule has 0 aliphatic heterocycles. The summed E-state index contributed by atoms with van der Waals surface area (Å²) in [5.41, 5.74) is 2.99. The van der Waals surface area contributed by atoms with Crippen LogP contribution in [0.25, 0.3) is 11.0 Å². The zero-order valence-corrected chi connectivity index (χ0v) is 11.9. The van der Waals surface area contributed by atoms with Crippen LogP contribution in [0.1, 0.15) is 37.1 Å². The molecule has 1 aromatic heterocycles. The summed E-state index contributed by atoms with van der Waals surface area (Å²) in [6, 6.07) is 6.03. The van der Waals surface area contributed by atoms with Gasteiger partial charge in [-0.05, 0) is 24.1 Å². The number of aromatic nitrogens is 2. The van der Waals surface area contributed by atoms with Gasteiger partial charge in [0.05, 0.1) is 16.4 Å². The maximum atomic E-state index is 11.8. The summed E-state index contributed by atoms with van der Waals surface area (Å²) < 4.78 is 3.33. The fourth-order valence-corrected chi connectivity index (χ4v) is 2.56. The first-order chi connectivity index (χ1) is 8.56. The molecular weight excluding hydrogens is 248 g/mol. The van der Waals surface area contributed by atoms with E-state index < -0.39 is 0 Å². The number of fused-ring (bicyclic) bond motifs is 1. The highest BCUT2D eigenvalue weighted by atomic mass is 35.5. The Morgan fingerprint density at radius 3 is 2.56 bits per heavy atom. The molecule has 4 heteroatoms. The van der Waals surface area contributed by atoms with Gasteiger partial charge >= 0.3 is 5.69 Å². The van der Waals surface area contributed by atoms with E-state index in [2.05, 4.69) is 6.92 Å². The Morgan fingerprint density at radius 1 is 1.22 bits per heavy atom. The van der Waals surface area contributed by atoms with Crippen molar-refractivity contribution < 1.29 is 0 Å². The summed E-state index contributed by atoms with van der Waals surface area (Å²) in [5, 5.41) is 0.0321. The van der Waals surface area contributed by atoms with Crippen LogP contribution in [0.4, 0.5) is 0 Å². The standard InChI is InChI=1S/C14H19ClN2O/c1-4-5-6-11(15)10-7-8-12-13(9-10)17(3)14(18)16(12)2/h7-9,11H,4-6H2,1-3H3. The minimum absolute atomic E-state index is 0.00170. The van der Waals surface area contributed by atoms with Crippen LogP contribution >= 0.6 is 11.6 Å². The molecule has 98 valence electrons. The normalized spacial score (nSPS) is 13.1. The van der Waals surface area contributed by atoms with E-state index in [4.69, 9.17) is 11.6 Å². The third kappa shape index (κ3) is 2.19. The second-order valence-corrected chi connectivity index (χ2v) is 5.29. The van der Waals surface area contributed by atoms with Crippen LogP contribution in [0, 0.1) is 0 Å². The number of rotatable bonds is 4. The first kappa shape index (κ1) is 13.2. The molecule has 0 radical (unpaired) electrons. The van der Waals surface area contributed by atoms with Gasteiger partial charge in [0, 0.05) is 14.1 Å². The van der Waals surface area contributed by atoms with Gasteiger partial charge in [0.25, 0.3) is 0 Å². The van der Waals surface area contributed by atoms with Crippen LogP contribution in [0.5, 0.6) is 0 Å². The zero-order valence-electron chi connectivity index (χ0n) is 11.1. The van der Waals surface area contributed by atoms with Crippen molar-refractivity contribution in [3.8, 4) is 0 Å². The molecule has 1 unspecified atom stereocenters. The van der Waals surface area contributed by atoms with E-state index in [1.807, 2.05) is 18.2 Å². The van der Waals surface area contributed by atoms with Crippen LogP contribution in [0.15, 0.2) is 23.0 Å². The molecule has 0 amide bonds. The van der Waals surface area contributed by atoms with Crippen molar-refractivity contribution in [3.63, 3.8) is 0 Å². The molecule has 0 saturated carbocycles. The predicted molar refractivity (Wildman–Crippen MR) is 76.3 cm³/mol. The Kier molecular flexibility index (Phi) is 3.81. The first-order valence-corrected chi connectivity index (χ1v) is 6.79. The van der Waals surface area contributed by atoms with Gasteiger partial charge in [0.2, 0.25) is 0 Å². The molecule has 1 atom stereocenters. The van der Waals surface area contributed by atoms with Crippen molar-refractivity contribution in [1.82, 2.24) is 9.13 Å². The SMILES string of the molecule is CCCCC(Cl)c1ccc2c(c1)n(C)c(=O)n2C. The minimum Gasteiger partial charge on any atom is -0.295 e. The summed E-state index contributed by atoms with van der Waals surface area (Å²) in [6.45, 7) is 2.16. The maximum Gasteiger partial charge on any atom is 0.328 e. The van der Waals surface area contributed by atoms with Gasteiger partial charge in [-0.3, -0.25) is 9.13 Å². The third-order valence-corrected chi connectivity index (χ3v) is 3.94. The monoisotopic (exact) mass is 266 g/mol. The van der Waals surface area contributed by atoms with E-state index in [0.29, 0.717) is 0 Å². The smallest absolute Gasteiger partial charge is 0.295 e. The van der Waals surface area contributed by atoms with Crippen LogP contribution < -0.4 is 5.69 Å². The summed E-state index contributed by atoms with van der Waals surface area (Å²) in [4.78, 5) is 11.8.